The summed E-state index contributed by atoms with van der Waals surface area (Å²) in [5.74, 6) is 1.32. The van der Waals surface area contributed by atoms with Gasteiger partial charge in [0, 0.05) is 18.2 Å². The monoisotopic (exact) mass is 312 g/mol. The topological polar surface area (TPSA) is 104 Å². The largest absolute Gasteiger partial charge is 0.497 e. The number of anilines is 1. The van der Waals surface area contributed by atoms with Crippen molar-refractivity contribution in [1.29, 1.82) is 0 Å². The van der Waals surface area contributed by atoms with Crippen LogP contribution in [-0.4, -0.2) is 22.6 Å². The lowest BCUT2D eigenvalue weighted by Gasteiger charge is -2.10. The molecule has 0 saturated carbocycles. The Bertz CT molecular complexity index is 702. The number of benzene rings is 1. The van der Waals surface area contributed by atoms with Gasteiger partial charge < -0.3 is 19.6 Å². The van der Waals surface area contributed by atoms with Gasteiger partial charge in [-0.2, -0.15) is 8.42 Å². The van der Waals surface area contributed by atoms with Crippen LogP contribution in [0.3, 0.4) is 0 Å². The van der Waals surface area contributed by atoms with Crippen molar-refractivity contribution in [3.63, 3.8) is 0 Å². The Labute approximate surface area is 122 Å². The molecule has 0 fully saturated rings. The third kappa shape index (κ3) is 3.47. The van der Waals surface area contributed by atoms with Gasteiger partial charge in [-0.3, -0.25) is 4.72 Å². The van der Waals surface area contributed by atoms with Crippen molar-refractivity contribution in [2.24, 2.45) is 5.73 Å². The van der Waals surface area contributed by atoms with Gasteiger partial charge in [0.2, 0.25) is 5.09 Å². The Balaban J connectivity index is 2.31. The summed E-state index contributed by atoms with van der Waals surface area (Å²) in [4.78, 5) is 0. The maximum atomic E-state index is 12.2. The summed E-state index contributed by atoms with van der Waals surface area (Å²) < 4.78 is 42.1. The van der Waals surface area contributed by atoms with Crippen LogP contribution >= 0.6 is 0 Å². The molecule has 0 spiro atoms. The number of furan rings is 1. The third-order valence-corrected chi connectivity index (χ3v) is 3.96. The predicted octanol–water partition coefficient (Wildman–Crippen LogP) is 1.56. The van der Waals surface area contributed by atoms with E-state index in [1.54, 1.807) is 6.07 Å². The average Bonchev–Trinajstić information content (AvgIpc) is 2.96. The van der Waals surface area contributed by atoms with E-state index in [0.29, 0.717) is 22.9 Å². The lowest BCUT2D eigenvalue weighted by Crippen LogP contribution is -2.12. The van der Waals surface area contributed by atoms with E-state index in [-0.39, 0.29) is 11.6 Å². The van der Waals surface area contributed by atoms with Gasteiger partial charge in [0.05, 0.1) is 26.5 Å². The molecule has 0 radical (unpaired) electrons. The molecule has 8 heteroatoms. The Morgan fingerprint density at radius 2 is 1.76 bits per heavy atom. The first-order valence-electron chi connectivity index (χ1n) is 6.03. The number of hydrogen-bond acceptors (Lipinski definition) is 6. The molecule has 0 aliphatic heterocycles. The van der Waals surface area contributed by atoms with Crippen molar-refractivity contribution < 1.29 is 22.3 Å². The zero-order valence-electron chi connectivity index (χ0n) is 11.6. The molecule has 0 saturated heterocycles. The molecule has 3 N–H and O–H groups in total. The molecular weight excluding hydrogens is 296 g/mol. The first kappa shape index (κ1) is 15.2. The number of sulfonamides is 1. The zero-order chi connectivity index (χ0) is 15.5. The van der Waals surface area contributed by atoms with E-state index >= 15 is 0 Å². The molecular formula is C13H16N2O5S. The number of hydrogen-bond donors (Lipinski definition) is 2. The fourth-order valence-corrected chi connectivity index (χ4v) is 2.68. The summed E-state index contributed by atoms with van der Waals surface area (Å²) in [7, 11) is -0.877. The Kier molecular flexibility index (Phi) is 4.39. The first-order chi connectivity index (χ1) is 9.98. The summed E-state index contributed by atoms with van der Waals surface area (Å²) >= 11 is 0. The van der Waals surface area contributed by atoms with Gasteiger partial charge in [-0.1, -0.05) is 0 Å². The van der Waals surface area contributed by atoms with Crippen LogP contribution in [0.15, 0.2) is 39.8 Å². The Morgan fingerprint density at radius 1 is 1.14 bits per heavy atom. The number of rotatable bonds is 6. The second kappa shape index (κ2) is 6.06. The summed E-state index contributed by atoms with van der Waals surface area (Å²) in [6.07, 6.45) is 0. The van der Waals surface area contributed by atoms with Gasteiger partial charge >= 0.3 is 0 Å². The van der Waals surface area contributed by atoms with Gasteiger partial charge in [0.15, 0.2) is 0 Å². The van der Waals surface area contributed by atoms with Crippen molar-refractivity contribution in [3.8, 4) is 11.5 Å². The molecule has 0 aliphatic carbocycles. The van der Waals surface area contributed by atoms with Gasteiger partial charge in [0.25, 0.3) is 10.0 Å². The molecule has 21 heavy (non-hydrogen) atoms. The minimum absolute atomic E-state index is 0.127. The minimum Gasteiger partial charge on any atom is -0.497 e. The fraction of sp³-hybridized carbons (Fsp3) is 0.231. The second-order valence-electron chi connectivity index (χ2n) is 4.13. The highest BCUT2D eigenvalue weighted by molar-refractivity contribution is 7.92. The van der Waals surface area contributed by atoms with Gasteiger partial charge in [-0.15, -0.1) is 0 Å². The van der Waals surface area contributed by atoms with Gasteiger partial charge in [-0.05, 0) is 12.1 Å². The van der Waals surface area contributed by atoms with Crippen LogP contribution in [0.25, 0.3) is 0 Å². The van der Waals surface area contributed by atoms with Crippen LogP contribution < -0.4 is 19.9 Å². The summed E-state index contributed by atoms with van der Waals surface area (Å²) in [5.41, 5.74) is 5.70. The van der Waals surface area contributed by atoms with Crippen molar-refractivity contribution >= 4 is 15.7 Å². The lowest BCUT2D eigenvalue weighted by atomic mass is 10.3. The first-order valence-corrected chi connectivity index (χ1v) is 7.51. The van der Waals surface area contributed by atoms with Crippen molar-refractivity contribution in [1.82, 2.24) is 0 Å². The van der Waals surface area contributed by atoms with E-state index in [1.807, 2.05) is 0 Å². The summed E-state index contributed by atoms with van der Waals surface area (Å²) in [6.45, 7) is 0.127. The number of methoxy groups -OCH3 is 2. The zero-order valence-corrected chi connectivity index (χ0v) is 12.4. The van der Waals surface area contributed by atoms with E-state index in [4.69, 9.17) is 19.6 Å². The molecule has 114 valence electrons. The normalized spacial score (nSPS) is 11.2. The highest BCUT2D eigenvalue weighted by Gasteiger charge is 2.19. The second-order valence-corrected chi connectivity index (χ2v) is 5.75. The van der Waals surface area contributed by atoms with Crippen LogP contribution in [0.2, 0.25) is 0 Å². The maximum Gasteiger partial charge on any atom is 0.295 e. The summed E-state index contributed by atoms with van der Waals surface area (Å²) in [6, 6.07) is 7.57. The van der Waals surface area contributed by atoms with E-state index in [2.05, 4.69) is 4.72 Å². The van der Waals surface area contributed by atoms with E-state index in [0.717, 1.165) is 0 Å². The molecule has 2 aromatic rings. The molecule has 1 heterocycles. The van der Waals surface area contributed by atoms with Crippen LogP contribution in [0.5, 0.6) is 11.5 Å². The van der Waals surface area contributed by atoms with Crippen molar-refractivity contribution in [3.05, 3.63) is 36.1 Å². The molecule has 0 amide bonds. The minimum atomic E-state index is -3.84. The Hall–Kier alpha value is -2.19. The Morgan fingerprint density at radius 3 is 2.24 bits per heavy atom. The van der Waals surface area contributed by atoms with Gasteiger partial charge in [0.1, 0.15) is 17.3 Å². The molecule has 7 nitrogen and oxygen atoms in total. The lowest BCUT2D eigenvalue weighted by molar-refractivity contribution is 0.394. The maximum absolute atomic E-state index is 12.2. The van der Waals surface area contributed by atoms with Crippen LogP contribution in [0.1, 0.15) is 5.76 Å². The highest BCUT2D eigenvalue weighted by Crippen LogP contribution is 2.27. The SMILES string of the molecule is COc1cc(NS(=O)(=O)c2ccc(CN)o2)cc(OC)c1. The summed E-state index contributed by atoms with van der Waals surface area (Å²) in [5, 5.41) is -0.204. The predicted molar refractivity (Wildman–Crippen MR) is 77.0 cm³/mol. The standard InChI is InChI=1S/C13H16N2O5S/c1-18-11-5-9(6-12(7-11)19-2)15-21(16,17)13-4-3-10(8-14)20-13/h3-7,15H,8,14H2,1-2H3. The molecule has 2 rings (SSSR count). The van der Waals surface area contributed by atoms with Crippen LogP contribution in [-0.2, 0) is 16.6 Å². The fourth-order valence-electron chi connectivity index (χ4n) is 1.68. The third-order valence-electron chi connectivity index (χ3n) is 2.71. The van der Waals surface area contributed by atoms with Crippen molar-refractivity contribution in [2.45, 2.75) is 11.6 Å². The van der Waals surface area contributed by atoms with Crippen LogP contribution in [0.4, 0.5) is 5.69 Å². The highest BCUT2D eigenvalue weighted by atomic mass is 32.2. The molecule has 0 aliphatic rings. The van der Waals surface area contributed by atoms with Crippen molar-refractivity contribution in [2.75, 3.05) is 18.9 Å². The average molecular weight is 312 g/mol. The number of ether oxygens (including phenoxy) is 2. The number of nitrogens with two attached hydrogens (primary N) is 1. The molecule has 0 bridgehead atoms. The van der Waals surface area contributed by atoms with E-state index in [1.165, 1.54) is 38.5 Å². The van der Waals surface area contributed by atoms with Crippen LogP contribution in [0, 0.1) is 0 Å². The molecule has 1 aromatic carbocycles. The smallest absolute Gasteiger partial charge is 0.295 e. The molecule has 0 unspecified atom stereocenters. The number of nitrogens with one attached hydrogen (secondary N) is 1. The molecule has 1 aromatic heterocycles. The quantitative estimate of drug-likeness (QED) is 0.839. The van der Waals surface area contributed by atoms with E-state index in [9.17, 15) is 8.42 Å². The van der Waals surface area contributed by atoms with Gasteiger partial charge in [-0.25, -0.2) is 0 Å². The van der Waals surface area contributed by atoms with E-state index < -0.39 is 10.0 Å². The molecule has 0 atom stereocenters.